The maximum atomic E-state index is 13.5. The highest BCUT2D eigenvalue weighted by molar-refractivity contribution is 6.31. The summed E-state index contributed by atoms with van der Waals surface area (Å²) < 4.78 is 18.3. The van der Waals surface area contributed by atoms with Crippen LogP contribution in [0.3, 0.4) is 0 Å². The largest absolute Gasteiger partial charge is 0.463 e. The molecule has 1 rings (SSSR count). The quantitative estimate of drug-likeness (QED) is 0.812. The molecule has 0 radical (unpaired) electrons. The van der Waals surface area contributed by atoms with Crippen molar-refractivity contribution in [3.63, 3.8) is 0 Å². The van der Waals surface area contributed by atoms with Crippen molar-refractivity contribution in [2.24, 2.45) is 0 Å². The topological polar surface area (TPSA) is 75.6 Å². The molecule has 0 heterocycles. The summed E-state index contributed by atoms with van der Waals surface area (Å²) in [5.74, 6) is -1.53. The number of rotatable bonds is 5. The van der Waals surface area contributed by atoms with E-state index in [2.05, 4.69) is 5.32 Å². The van der Waals surface area contributed by atoms with Crippen molar-refractivity contribution in [1.82, 2.24) is 5.32 Å². The van der Waals surface area contributed by atoms with Gasteiger partial charge in [-0.2, -0.15) is 0 Å². The molecule has 1 aromatic rings. The van der Waals surface area contributed by atoms with Crippen LogP contribution in [0.2, 0.25) is 5.02 Å². The molecule has 1 atom stereocenters. The van der Waals surface area contributed by atoms with E-state index in [0.29, 0.717) is 0 Å². The van der Waals surface area contributed by atoms with Crippen molar-refractivity contribution in [2.75, 3.05) is 6.61 Å². The third-order valence-electron chi connectivity index (χ3n) is 2.56. The second kappa shape index (κ2) is 7.21. The highest BCUT2D eigenvalue weighted by Crippen LogP contribution is 2.27. The molecule has 0 spiro atoms. The molecule has 1 aromatic carbocycles. The fourth-order valence-corrected chi connectivity index (χ4v) is 2.03. The molecule has 5 nitrogen and oxygen atoms in total. The van der Waals surface area contributed by atoms with E-state index in [1.807, 2.05) is 0 Å². The van der Waals surface area contributed by atoms with Crippen LogP contribution < -0.4 is 5.32 Å². The third-order valence-corrected chi connectivity index (χ3v) is 2.90. The van der Waals surface area contributed by atoms with Crippen molar-refractivity contribution < 1.29 is 23.8 Å². The summed E-state index contributed by atoms with van der Waals surface area (Å²) in [6.45, 7) is 1.89. The maximum absolute atomic E-state index is 13.5. The van der Waals surface area contributed by atoms with Gasteiger partial charge in [0.05, 0.1) is 12.6 Å². The average Bonchev–Trinajstić information content (AvgIpc) is 2.33. The lowest BCUT2D eigenvalue weighted by atomic mass is 10.0. The van der Waals surface area contributed by atoms with Gasteiger partial charge in [0.2, 0.25) is 5.91 Å². The number of hydrogen-bond donors (Lipinski definition) is 2. The number of benzene rings is 1. The number of carbonyl (C=O) groups excluding carboxylic acids is 2. The van der Waals surface area contributed by atoms with Crippen molar-refractivity contribution in [2.45, 2.75) is 26.5 Å². The summed E-state index contributed by atoms with van der Waals surface area (Å²) in [5, 5.41) is 11.9. The molecule has 20 heavy (non-hydrogen) atoms. The van der Waals surface area contributed by atoms with E-state index in [0.717, 1.165) is 12.1 Å². The fraction of sp³-hybridized carbons (Fsp3) is 0.385. The molecule has 110 valence electrons. The monoisotopic (exact) mass is 303 g/mol. The minimum Gasteiger partial charge on any atom is -0.463 e. The standard InChI is InChI=1S/C13H15ClFNO4/c1-7(18)16-13(6-20-8(2)19)10-3-9(15)4-12(14)11(10)5-17/h3-4,13,17H,5-6H2,1-2H3,(H,16,18)/t13-/m0/s1. The van der Waals surface area contributed by atoms with E-state index in [1.54, 1.807) is 0 Å². The molecule has 0 aliphatic rings. The lowest BCUT2D eigenvalue weighted by molar-refractivity contribution is -0.142. The highest BCUT2D eigenvalue weighted by atomic mass is 35.5. The first-order valence-electron chi connectivity index (χ1n) is 5.84. The maximum Gasteiger partial charge on any atom is 0.302 e. The van der Waals surface area contributed by atoms with Gasteiger partial charge in [-0.05, 0) is 17.7 Å². The fourth-order valence-electron chi connectivity index (χ4n) is 1.76. The lowest BCUT2D eigenvalue weighted by Gasteiger charge is -2.21. The van der Waals surface area contributed by atoms with Gasteiger partial charge in [0.1, 0.15) is 12.4 Å². The summed E-state index contributed by atoms with van der Waals surface area (Å²) in [6, 6.07) is 1.42. The molecule has 7 heteroatoms. The molecular formula is C13H15ClFNO4. The number of amides is 1. The Bertz CT molecular complexity index is 521. The number of esters is 1. The first-order valence-corrected chi connectivity index (χ1v) is 6.22. The third kappa shape index (κ3) is 4.47. The number of hydrogen-bond acceptors (Lipinski definition) is 4. The van der Waals surface area contributed by atoms with Gasteiger partial charge in [-0.15, -0.1) is 0 Å². The minimum absolute atomic E-state index is 0.0423. The predicted octanol–water partition coefficient (Wildman–Crippen LogP) is 1.71. The SMILES string of the molecule is CC(=O)N[C@@H](COC(C)=O)c1cc(F)cc(Cl)c1CO. The molecule has 0 fully saturated rings. The second-order valence-corrected chi connectivity index (χ2v) is 4.58. The van der Waals surface area contributed by atoms with Crippen molar-refractivity contribution in [3.05, 3.63) is 34.1 Å². The smallest absolute Gasteiger partial charge is 0.302 e. The van der Waals surface area contributed by atoms with Crippen LogP contribution in [0, 0.1) is 5.82 Å². The van der Waals surface area contributed by atoms with Crippen LogP contribution >= 0.6 is 11.6 Å². The first-order chi connectivity index (χ1) is 9.35. The molecule has 0 unspecified atom stereocenters. The van der Waals surface area contributed by atoms with Crippen molar-refractivity contribution in [3.8, 4) is 0 Å². The molecule has 1 amide bonds. The summed E-state index contributed by atoms with van der Waals surface area (Å²) in [4.78, 5) is 22.1. The number of aliphatic hydroxyl groups excluding tert-OH is 1. The van der Waals surface area contributed by atoms with Gasteiger partial charge >= 0.3 is 5.97 Å². The van der Waals surface area contributed by atoms with E-state index in [9.17, 15) is 19.1 Å². The molecule has 0 aliphatic heterocycles. The zero-order valence-electron chi connectivity index (χ0n) is 11.1. The number of aliphatic hydroxyl groups is 1. The Hall–Kier alpha value is -1.66. The predicted molar refractivity (Wildman–Crippen MR) is 70.5 cm³/mol. The average molecular weight is 304 g/mol. The van der Waals surface area contributed by atoms with Gasteiger partial charge in [-0.25, -0.2) is 4.39 Å². The number of carbonyl (C=O) groups is 2. The Morgan fingerprint density at radius 3 is 2.60 bits per heavy atom. The molecule has 0 saturated heterocycles. The van der Waals surface area contributed by atoms with E-state index >= 15 is 0 Å². The van der Waals surface area contributed by atoms with Crippen molar-refractivity contribution in [1.29, 1.82) is 0 Å². The molecule has 0 aromatic heterocycles. The van der Waals surface area contributed by atoms with Crippen LogP contribution in [-0.4, -0.2) is 23.6 Å². The van der Waals surface area contributed by atoms with Crippen LogP contribution in [-0.2, 0) is 20.9 Å². The summed E-state index contributed by atoms with van der Waals surface area (Å²) in [5.41, 5.74) is 0.549. The van der Waals surface area contributed by atoms with E-state index in [1.165, 1.54) is 13.8 Å². The number of nitrogens with one attached hydrogen (secondary N) is 1. The van der Waals surface area contributed by atoms with E-state index in [-0.39, 0.29) is 28.7 Å². The van der Waals surface area contributed by atoms with Gasteiger partial charge in [0.25, 0.3) is 0 Å². The van der Waals surface area contributed by atoms with Crippen LogP contribution in [0.1, 0.15) is 31.0 Å². The number of halogens is 2. The minimum atomic E-state index is -0.785. The summed E-state index contributed by atoms with van der Waals surface area (Å²) in [7, 11) is 0. The Morgan fingerprint density at radius 2 is 2.10 bits per heavy atom. The molecule has 2 N–H and O–H groups in total. The Balaban J connectivity index is 3.17. The van der Waals surface area contributed by atoms with E-state index < -0.39 is 24.4 Å². The Kier molecular flexibility index (Phi) is 5.91. The molecular weight excluding hydrogens is 289 g/mol. The van der Waals surface area contributed by atoms with Crippen LogP contribution in [0.4, 0.5) is 4.39 Å². The normalized spacial score (nSPS) is 11.8. The Morgan fingerprint density at radius 1 is 1.45 bits per heavy atom. The second-order valence-electron chi connectivity index (χ2n) is 4.17. The molecule has 0 aliphatic carbocycles. The van der Waals surface area contributed by atoms with Crippen LogP contribution in [0.15, 0.2) is 12.1 Å². The summed E-state index contributed by atoms with van der Waals surface area (Å²) >= 11 is 5.86. The zero-order chi connectivity index (χ0) is 15.3. The summed E-state index contributed by atoms with van der Waals surface area (Å²) in [6.07, 6.45) is 0. The highest BCUT2D eigenvalue weighted by Gasteiger charge is 2.20. The van der Waals surface area contributed by atoms with Crippen molar-refractivity contribution >= 4 is 23.5 Å². The Labute approximate surface area is 120 Å². The van der Waals surface area contributed by atoms with Gasteiger partial charge in [-0.1, -0.05) is 11.6 Å². The van der Waals surface area contributed by atoms with Gasteiger partial charge in [-0.3, -0.25) is 9.59 Å². The van der Waals surface area contributed by atoms with Gasteiger partial charge in [0, 0.05) is 24.4 Å². The van der Waals surface area contributed by atoms with Crippen LogP contribution in [0.25, 0.3) is 0 Å². The first kappa shape index (κ1) is 16.4. The molecule has 0 bridgehead atoms. The number of ether oxygens (including phenoxy) is 1. The lowest BCUT2D eigenvalue weighted by Crippen LogP contribution is -2.31. The van der Waals surface area contributed by atoms with Gasteiger partial charge < -0.3 is 15.2 Å². The zero-order valence-corrected chi connectivity index (χ0v) is 11.8. The molecule has 0 saturated carbocycles. The van der Waals surface area contributed by atoms with E-state index in [4.69, 9.17) is 16.3 Å². The van der Waals surface area contributed by atoms with Crippen LogP contribution in [0.5, 0.6) is 0 Å². The van der Waals surface area contributed by atoms with Gasteiger partial charge in [0.15, 0.2) is 0 Å².